The second-order valence-corrected chi connectivity index (χ2v) is 8.35. The molecule has 6 nitrogen and oxygen atoms in total. The molecule has 0 fully saturated rings. The van der Waals surface area contributed by atoms with Crippen LogP contribution < -0.4 is 14.4 Å². The van der Waals surface area contributed by atoms with Gasteiger partial charge in [0.15, 0.2) is 0 Å². The van der Waals surface area contributed by atoms with Crippen molar-refractivity contribution in [1.29, 1.82) is 0 Å². The van der Waals surface area contributed by atoms with Gasteiger partial charge in [-0.15, -0.1) is 0 Å². The third kappa shape index (κ3) is 4.93. The fourth-order valence-electron chi connectivity index (χ4n) is 2.75. The third-order valence-corrected chi connectivity index (χ3v) is 5.77. The molecule has 2 rings (SSSR count). The number of carbonyl (C=O) groups excluding carboxylic acids is 1. The van der Waals surface area contributed by atoms with Crippen LogP contribution in [0.5, 0.6) is 5.75 Å². The second kappa shape index (κ2) is 8.63. The Bertz CT molecular complexity index is 914. The number of nitrogens with zero attached hydrogens (tertiary/aromatic N) is 1. The Morgan fingerprint density at radius 2 is 1.85 bits per heavy atom. The van der Waals surface area contributed by atoms with Gasteiger partial charge in [-0.3, -0.25) is 9.10 Å². The molecule has 0 radical (unpaired) electrons. The first kappa shape index (κ1) is 21.1. The van der Waals surface area contributed by atoms with E-state index in [-0.39, 0.29) is 0 Å². The minimum absolute atomic E-state index is 0.296. The first-order chi connectivity index (χ1) is 12.7. The molecule has 0 bridgehead atoms. The van der Waals surface area contributed by atoms with Gasteiger partial charge in [0.1, 0.15) is 11.8 Å². The van der Waals surface area contributed by atoms with Crippen LogP contribution in [0, 0.1) is 6.92 Å². The minimum Gasteiger partial charge on any atom is -0.497 e. The van der Waals surface area contributed by atoms with Crippen LogP contribution >= 0.6 is 11.6 Å². The molecule has 0 saturated carbocycles. The molecule has 0 aliphatic rings. The Morgan fingerprint density at radius 3 is 2.37 bits per heavy atom. The highest BCUT2D eigenvalue weighted by atomic mass is 35.5. The Kier molecular flexibility index (Phi) is 6.73. The number of anilines is 2. The van der Waals surface area contributed by atoms with Gasteiger partial charge in [-0.25, -0.2) is 8.42 Å². The van der Waals surface area contributed by atoms with E-state index in [0.29, 0.717) is 28.6 Å². The number of benzene rings is 2. The van der Waals surface area contributed by atoms with Crippen molar-refractivity contribution in [3.8, 4) is 5.75 Å². The van der Waals surface area contributed by atoms with Crippen molar-refractivity contribution >= 4 is 38.9 Å². The zero-order chi connectivity index (χ0) is 20.2. The molecule has 0 spiro atoms. The van der Waals surface area contributed by atoms with Gasteiger partial charge < -0.3 is 10.1 Å². The Hall–Kier alpha value is -2.25. The topological polar surface area (TPSA) is 75.7 Å². The summed E-state index contributed by atoms with van der Waals surface area (Å²) in [5, 5.41) is 3.32. The summed E-state index contributed by atoms with van der Waals surface area (Å²) in [5.41, 5.74) is 1.66. The lowest BCUT2D eigenvalue weighted by atomic mass is 10.1. The quantitative estimate of drug-likeness (QED) is 0.752. The van der Waals surface area contributed by atoms with Gasteiger partial charge in [0.2, 0.25) is 15.9 Å². The molecule has 1 atom stereocenters. The van der Waals surface area contributed by atoms with E-state index in [1.165, 1.54) is 7.11 Å². The monoisotopic (exact) mass is 410 g/mol. The predicted octanol–water partition coefficient (Wildman–Crippen LogP) is 3.84. The summed E-state index contributed by atoms with van der Waals surface area (Å²) in [5.74, 6) is 0.170. The van der Waals surface area contributed by atoms with Crippen molar-refractivity contribution in [2.45, 2.75) is 26.3 Å². The van der Waals surface area contributed by atoms with Crippen molar-refractivity contribution in [1.82, 2.24) is 0 Å². The van der Waals surface area contributed by atoms with Crippen LogP contribution in [0.1, 0.15) is 18.9 Å². The average molecular weight is 411 g/mol. The summed E-state index contributed by atoms with van der Waals surface area (Å²) in [6.07, 6.45) is 1.38. The number of carbonyl (C=O) groups is 1. The maximum atomic E-state index is 12.9. The van der Waals surface area contributed by atoms with Crippen molar-refractivity contribution in [3.05, 3.63) is 53.1 Å². The standard InChI is InChI=1S/C19H23ClN2O4S/c1-5-18(19(23)21-17-8-6-7-16(20)13(17)2)22(27(4,24)25)14-9-11-15(26-3)12-10-14/h6-12,18H,5H2,1-4H3,(H,21,23)/t18-/m1/s1. The molecule has 0 heterocycles. The summed E-state index contributed by atoms with van der Waals surface area (Å²) in [4.78, 5) is 12.9. The lowest BCUT2D eigenvalue weighted by molar-refractivity contribution is -0.117. The number of hydrogen-bond acceptors (Lipinski definition) is 4. The van der Waals surface area contributed by atoms with Gasteiger partial charge in [0, 0.05) is 10.7 Å². The zero-order valence-corrected chi connectivity index (χ0v) is 17.3. The maximum absolute atomic E-state index is 12.9. The minimum atomic E-state index is -3.70. The molecular formula is C19H23ClN2O4S. The van der Waals surface area contributed by atoms with E-state index in [1.54, 1.807) is 56.3 Å². The fraction of sp³-hybridized carbons (Fsp3) is 0.316. The highest BCUT2D eigenvalue weighted by molar-refractivity contribution is 7.92. The molecule has 0 saturated heterocycles. The van der Waals surface area contributed by atoms with Gasteiger partial charge in [-0.1, -0.05) is 24.6 Å². The van der Waals surface area contributed by atoms with Crippen LogP contribution in [-0.2, 0) is 14.8 Å². The molecule has 27 heavy (non-hydrogen) atoms. The van der Waals surface area contributed by atoms with Gasteiger partial charge >= 0.3 is 0 Å². The Morgan fingerprint density at radius 1 is 1.22 bits per heavy atom. The summed E-state index contributed by atoms with van der Waals surface area (Å²) in [6.45, 7) is 3.55. The van der Waals surface area contributed by atoms with Crippen LogP contribution in [-0.4, -0.2) is 33.7 Å². The lowest BCUT2D eigenvalue weighted by Gasteiger charge is -2.30. The highest BCUT2D eigenvalue weighted by Gasteiger charge is 2.31. The van der Waals surface area contributed by atoms with E-state index in [0.717, 1.165) is 16.1 Å². The van der Waals surface area contributed by atoms with Crippen molar-refractivity contribution in [3.63, 3.8) is 0 Å². The molecule has 0 unspecified atom stereocenters. The molecule has 0 aromatic heterocycles. The van der Waals surface area contributed by atoms with Crippen LogP contribution in [0.4, 0.5) is 11.4 Å². The number of sulfonamides is 1. The van der Waals surface area contributed by atoms with Crippen LogP contribution in [0.3, 0.4) is 0 Å². The number of hydrogen-bond donors (Lipinski definition) is 1. The van der Waals surface area contributed by atoms with Gasteiger partial charge in [0.05, 0.1) is 19.1 Å². The molecule has 2 aromatic carbocycles. The molecular weight excluding hydrogens is 388 g/mol. The van der Waals surface area contributed by atoms with E-state index >= 15 is 0 Å². The van der Waals surface area contributed by atoms with E-state index in [4.69, 9.17) is 16.3 Å². The SMILES string of the molecule is CC[C@H](C(=O)Nc1cccc(Cl)c1C)N(c1ccc(OC)cc1)S(C)(=O)=O. The molecule has 0 aliphatic heterocycles. The van der Waals surface area contributed by atoms with Gasteiger partial charge in [-0.05, 0) is 55.3 Å². The summed E-state index contributed by atoms with van der Waals surface area (Å²) in [6, 6.07) is 10.8. The first-order valence-electron chi connectivity index (χ1n) is 8.38. The molecule has 146 valence electrons. The van der Waals surface area contributed by atoms with E-state index in [9.17, 15) is 13.2 Å². The van der Waals surface area contributed by atoms with Crippen molar-refractivity contribution < 1.29 is 17.9 Å². The summed E-state index contributed by atoms with van der Waals surface area (Å²) >= 11 is 6.10. The van der Waals surface area contributed by atoms with Gasteiger partial charge in [0.25, 0.3) is 0 Å². The van der Waals surface area contributed by atoms with Gasteiger partial charge in [-0.2, -0.15) is 0 Å². The van der Waals surface area contributed by atoms with Crippen LogP contribution in [0.2, 0.25) is 5.02 Å². The lowest BCUT2D eigenvalue weighted by Crippen LogP contribution is -2.47. The molecule has 0 aliphatic carbocycles. The highest BCUT2D eigenvalue weighted by Crippen LogP contribution is 2.27. The number of halogens is 1. The summed E-state index contributed by atoms with van der Waals surface area (Å²) in [7, 11) is -2.17. The average Bonchev–Trinajstić information content (AvgIpc) is 2.62. The normalized spacial score (nSPS) is 12.3. The van der Waals surface area contributed by atoms with E-state index in [1.807, 2.05) is 0 Å². The number of nitrogens with one attached hydrogen (secondary N) is 1. The molecule has 1 amide bonds. The number of amides is 1. The maximum Gasteiger partial charge on any atom is 0.248 e. The molecule has 8 heteroatoms. The van der Waals surface area contributed by atoms with Crippen LogP contribution in [0.15, 0.2) is 42.5 Å². The number of rotatable bonds is 7. The molecule has 2 aromatic rings. The second-order valence-electron chi connectivity index (χ2n) is 6.08. The fourth-order valence-corrected chi connectivity index (χ4v) is 4.13. The van der Waals surface area contributed by atoms with E-state index < -0.39 is 22.0 Å². The smallest absolute Gasteiger partial charge is 0.248 e. The zero-order valence-electron chi connectivity index (χ0n) is 15.7. The number of ether oxygens (including phenoxy) is 1. The van der Waals surface area contributed by atoms with E-state index in [2.05, 4.69) is 5.32 Å². The molecule has 1 N–H and O–H groups in total. The third-order valence-electron chi connectivity index (χ3n) is 4.18. The van der Waals surface area contributed by atoms with Crippen LogP contribution in [0.25, 0.3) is 0 Å². The predicted molar refractivity (Wildman–Crippen MR) is 109 cm³/mol. The van der Waals surface area contributed by atoms with Crippen molar-refractivity contribution in [2.24, 2.45) is 0 Å². The Labute approximate surface area is 165 Å². The first-order valence-corrected chi connectivity index (χ1v) is 10.6. The number of methoxy groups -OCH3 is 1. The summed E-state index contributed by atoms with van der Waals surface area (Å²) < 4.78 is 31.2. The van der Waals surface area contributed by atoms with Crippen molar-refractivity contribution in [2.75, 3.05) is 23.0 Å². The largest absolute Gasteiger partial charge is 0.497 e. The Balaban J connectivity index is 2.39.